The van der Waals surface area contributed by atoms with Crippen molar-refractivity contribution in [3.8, 4) is 5.75 Å². The Hall–Kier alpha value is -1.03. The molecule has 1 unspecified atom stereocenters. The van der Waals surface area contributed by atoms with E-state index in [0.29, 0.717) is 5.02 Å². The first kappa shape index (κ1) is 13.0. The van der Waals surface area contributed by atoms with Crippen LogP contribution in [0.3, 0.4) is 0 Å². The normalized spacial score (nSPS) is 21.6. The molecule has 0 radical (unpaired) electrons. The maximum atomic E-state index is 6.23. The zero-order valence-electron chi connectivity index (χ0n) is 10.1. The second kappa shape index (κ2) is 5.16. The fraction of sp³-hybridized carbons (Fsp3) is 0.200. The third-order valence-electron chi connectivity index (χ3n) is 3.37. The molecule has 2 atom stereocenters. The number of para-hydroxylation sites is 1. The van der Waals surface area contributed by atoms with Crippen molar-refractivity contribution < 1.29 is 4.74 Å². The lowest BCUT2D eigenvalue weighted by atomic mass is 9.94. The van der Waals surface area contributed by atoms with Gasteiger partial charge in [0, 0.05) is 33.1 Å². The Bertz CT molecular complexity index is 617. The van der Waals surface area contributed by atoms with E-state index in [-0.39, 0.29) is 12.1 Å². The van der Waals surface area contributed by atoms with Crippen LogP contribution in [0.25, 0.3) is 0 Å². The number of fused-ring (bicyclic) bond motifs is 1. The van der Waals surface area contributed by atoms with Crippen molar-refractivity contribution in [2.75, 3.05) is 0 Å². The van der Waals surface area contributed by atoms with Crippen LogP contribution in [-0.2, 0) is 0 Å². The predicted octanol–water partition coefficient (Wildman–Crippen LogP) is 4.63. The molecular weight excluding hydrogens is 326 g/mol. The molecule has 1 aliphatic heterocycles. The van der Waals surface area contributed by atoms with Gasteiger partial charge in [-0.3, -0.25) is 0 Å². The highest BCUT2D eigenvalue weighted by atomic mass is 79.9. The molecule has 2 aromatic rings. The van der Waals surface area contributed by atoms with Crippen LogP contribution in [0.4, 0.5) is 0 Å². The molecule has 0 amide bonds. The van der Waals surface area contributed by atoms with E-state index in [9.17, 15) is 0 Å². The monoisotopic (exact) mass is 337 g/mol. The van der Waals surface area contributed by atoms with E-state index in [4.69, 9.17) is 22.1 Å². The molecule has 3 rings (SSSR count). The fourth-order valence-electron chi connectivity index (χ4n) is 2.41. The molecule has 0 saturated carbocycles. The molecule has 4 heteroatoms. The molecule has 0 fully saturated rings. The summed E-state index contributed by atoms with van der Waals surface area (Å²) in [6, 6.07) is 13.7. The summed E-state index contributed by atoms with van der Waals surface area (Å²) in [5.74, 6) is 0.869. The maximum Gasteiger partial charge on any atom is 0.127 e. The van der Waals surface area contributed by atoms with Crippen LogP contribution in [0.2, 0.25) is 5.02 Å². The molecule has 19 heavy (non-hydrogen) atoms. The summed E-state index contributed by atoms with van der Waals surface area (Å²) in [5.41, 5.74) is 8.38. The molecular formula is C15H13BrClNO. The first-order valence-corrected chi connectivity index (χ1v) is 7.28. The minimum Gasteiger partial charge on any atom is -0.485 e. The summed E-state index contributed by atoms with van der Waals surface area (Å²) in [5, 5.41) is 0.705. The van der Waals surface area contributed by atoms with Crippen molar-refractivity contribution in [3.05, 3.63) is 63.1 Å². The van der Waals surface area contributed by atoms with E-state index in [1.807, 2.05) is 42.5 Å². The van der Waals surface area contributed by atoms with Crippen LogP contribution >= 0.6 is 27.5 Å². The second-order valence-electron chi connectivity index (χ2n) is 4.65. The van der Waals surface area contributed by atoms with Gasteiger partial charge in [-0.15, -0.1) is 0 Å². The first-order chi connectivity index (χ1) is 9.15. The summed E-state index contributed by atoms with van der Waals surface area (Å²) in [4.78, 5) is 0. The van der Waals surface area contributed by atoms with Gasteiger partial charge >= 0.3 is 0 Å². The van der Waals surface area contributed by atoms with Gasteiger partial charge < -0.3 is 10.5 Å². The summed E-state index contributed by atoms with van der Waals surface area (Å²) in [7, 11) is 0. The number of halogens is 2. The highest BCUT2D eigenvalue weighted by Crippen LogP contribution is 2.41. The molecule has 0 aliphatic carbocycles. The molecule has 0 aromatic heterocycles. The second-order valence-corrected chi connectivity index (χ2v) is 5.94. The van der Waals surface area contributed by atoms with Crippen LogP contribution in [0.1, 0.15) is 29.7 Å². The average Bonchev–Trinajstić information content (AvgIpc) is 2.38. The minimum absolute atomic E-state index is 0.00229. The van der Waals surface area contributed by atoms with Gasteiger partial charge in [-0.25, -0.2) is 0 Å². The number of nitrogens with two attached hydrogens (primary N) is 1. The molecule has 0 bridgehead atoms. The fourth-order valence-corrected chi connectivity index (χ4v) is 3.34. The average molecular weight is 339 g/mol. The first-order valence-electron chi connectivity index (χ1n) is 6.11. The van der Waals surface area contributed by atoms with Gasteiger partial charge in [0.1, 0.15) is 11.9 Å². The standard InChI is InChI=1S/C15H13BrClNO/c16-12-7-9(17)5-6-10(12)15-8-13(18)11-3-1-2-4-14(11)19-15/h1-7,13,15H,8,18H2/t13-,15?/m1/s1. The highest BCUT2D eigenvalue weighted by Gasteiger charge is 2.27. The van der Waals surface area contributed by atoms with Crippen molar-refractivity contribution in [3.63, 3.8) is 0 Å². The third-order valence-corrected chi connectivity index (χ3v) is 4.29. The Morgan fingerprint density at radius 2 is 1.95 bits per heavy atom. The van der Waals surface area contributed by atoms with E-state index < -0.39 is 0 Å². The van der Waals surface area contributed by atoms with E-state index in [0.717, 1.165) is 27.8 Å². The highest BCUT2D eigenvalue weighted by molar-refractivity contribution is 9.10. The van der Waals surface area contributed by atoms with Crippen LogP contribution in [0, 0.1) is 0 Å². The Labute approximate surface area is 125 Å². The van der Waals surface area contributed by atoms with Crippen LogP contribution in [-0.4, -0.2) is 0 Å². The molecule has 2 N–H and O–H groups in total. The van der Waals surface area contributed by atoms with Crippen LogP contribution < -0.4 is 10.5 Å². The lowest BCUT2D eigenvalue weighted by Gasteiger charge is -2.31. The zero-order valence-corrected chi connectivity index (χ0v) is 12.5. The van der Waals surface area contributed by atoms with Crippen molar-refractivity contribution >= 4 is 27.5 Å². The Kier molecular flexibility index (Phi) is 3.52. The summed E-state index contributed by atoms with van der Waals surface area (Å²) in [6.07, 6.45) is 0.716. The van der Waals surface area contributed by atoms with E-state index in [1.165, 1.54) is 0 Å². The van der Waals surface area contributed by atoms with Gasteiger partial charge in [-0.05, 0) is 18.2 Å². The summed E-state index contributed by atoms with van der Waals surface area (Å²) >= 11 is 9.51. The maximum absolute atomic E-state index is 6.23. The van der Waals surface area contributed by atoms with Crippen LogP contribution in [0.15, 0.2) is 46.9 Å². The van der Waals surface area contributed by atoms with Crippen molar-refractivity contribution in [2.45, 2.75) is 18.6 Å². The quantitative estimate of drug-likeness (QED) is 0.823. The number of ether oxygens (including phenoxy) is 1. The lowest BCUT2D eigenvalue weighted by molar-refractivity contribution is 0.161. The van der Waals surface area contributed by atoms with Crippen molar-refractivity contribution in [1.82, 2.24) is 0 Å². The third kappa shape index (κ3) is 2.50. The van der Waals surface area contributed by atoms with Crippen molar-refractivity contribution in [2.24, 2.45) is 5.73 Å². The largest absolute Gasteiger partial charge is 0.485 e. The zero-order chi connectivity index (χ0) is 13.4. The summed E-state index contributed by atoms with van der Waals surface area (Å²) < 4.78 is 7.01. The Morgan fingerprint density at radius 3 is 2.74 bits per heavy atom. The lowest BCUT2D eigenvalue weighted by Crippen LogP contribution is -2.24. The molecule has 2 nitrogen and oxygen atoms in total. The number of hydrogen-bond acceptors (Lipinski definition) is 2. The predicted molar refractivity (Wildman–Crippen MR) is 80.5 cm³/mol. The molecule has 1 heterocycles. The van der Waals surface area contributed by atoms with Gasteiger partial charge in [0.25, 0.3) is 0 Å². The van der Waals surface area contributed by atoms with Gasteiger partial charge in [0.2, 0.25) is 0 Å². The molecule has 0 spiro atoms. The van der Waals surface area contributed by atoms with Gasteiger partial charge in [0.15, 0.2) is 0 Å². The Balaban J connectivity index is 1.97. The molecule has 0 saturated heterocycles. The number of hydrogen-bond donors (Lipinski definition) is 1. The molecule has 1 aliphatic rings. The summed E-state index contributed by atoms with van der Waals surface area (Å²) in [6.45, 7) is 0. The van der Waals surface area contributed by atoms with E-state index in [2.05, 4.69) is 15.9 Å². The SMILES string of the molecule is N[C@@H]1CC(c2ccc(Cl)cc2Br)Oc2ccccc21. The Morgan fingerprint density at radius 1 is 1.16 bits per heavy atom. The van der Waals surface area contributed by atoms with Gasteiger partial charge in [-0.1, -0.05) is 51.8 Å². The molecule has 98 valence electrons. The number of rotatable bonds is 1. The van der Waals surface area contributed by atoms with Gasteiger partial charge in [0.05, 0.1) is 0 Å². The van der Waals surface area contributed by atoms with E-state index in [1.54, 1.807) is 0 Å². The topological polar surface area (TPSA) is 35.2 Å². The van der Waals surface area contributed by atoms with Crippen molar-refractivity contribution in [1.29, 1.82) is 0 Å². The molecule has 2 aromatic carbocycles. The van der Waals surface area contributed by atoms with E-state index >= 15 is 0 Å². The minimum atomic E-state index is -0.0449. The number of benzene rings is 2. The van der Waals surface area contributed by atoms with Gasteiger partial charge in [-0.2, -0.15) is 0 Å². The smallest absolute Gasteiger partial charge is 0.127 e. The van der Waals surface area contributed by atoms with Crippen LogP contribution in [0.5, 0.6) is 5.75 Å².